The predicted molar refractivity (Wildman–Crippen MR) is 72.5 cm³/mol. The van der Waals surface area contributed by atoms with Crippen molar-refractivity contribution in [1.29, 1.82) is 0 Å². The highest BCUT2D eigenvalue weighted by atomic mass is 32.1. The molecule has 90 valence electrons. The van der Waals surface area contributed by atoms with Crippen LogP contribution in [-0.4, -0.2) is 12.0 Å². The largest absolute Gasteiger partial charge is 0.490 e. The first-order chi connectivity index (χ1) is 8.70. The summed E-state index contributed by atoms with van der Waals surface area (Å²) in [5, 5.41) is 13.1. The van der Waals surface area contributed by atoms with Crippen LogP contribution in [0.1, 0.15) is 0 Å². The average molecular weight is 259 g/mol. The van der Waals surface area contributed by atoms with Gasteiger partial charge in [0.2, 0.25) is 0 Å². The third-order valence-corrected chi connectivity index (χ3v) is 4.01. The van der Waals surface area contributed by atoms with Crippen LogP contribution < -0.4 is 4.74 Å². The van der Waals surface area contributed by atoms with Crippen molar-refractivity contribution in [2.45, 2.75) is 0 Å². The van der Waals surface area contributed by atoms with Gasteiger partial charge in [-0.2, -0.15) is 0 Å². The summed E-state index contributed by atoms with van der Waals surface area (Å²) >= 11 is 1.55. The van der Waals surface area contributed by atoms with Crippen LogP contribution in [0.15, 0.2) is 36.4 Å². The summed E-state index contributed by atoms with van der Waals surface area (Å²) in [6, 6.07) is 11.3. The standard InChI is InChI=1S/C13H9NO3S/c1-17-11-6-9-8-4-2-3-5-12(8)18-13(9)7-10(11)14(15)16/h2-7H,1H3. The van der Waals surface area contributed by atoms with Gasteiger partial charge in [0.1, 0.15) is 0 Å². The van der Waals surface area contributed by atoms with E-state index in [0.29, 0.717) is 5.75 Å². The van der Waals surface area contributed by atoms with Crippen molar-refractivity contribution in [1.82, 2.24) is 0 Å². The molecule has 1 heterocycles. The van der Waals surface area contributed by atoms with Gasteiger partial charge in [-0.1, -0.05) is 18.2 Å². The molecule has 0 saturated heterocycles. The molecule has 2 aromatic carbocycles. The minimum atomic E-state index is -0.414. The Bertz CT molecular complexity index is 763. The van der Waals surface area contributed by atoms with Crippen LogP contribution in [0.25, 0.3) is 20.2 Å². The molecule has 0 unspecified atom stereocenters. The minimum Gasteiger partial charge on any atom is -0.490 e. The van der Waals surface area contributed by atoms with Crippen molar-refractivity contribution in [3.63, 3.8) is 0 Å². The van der Waals surface area contributed by atoms with Crippen molar-refractivity contribution in [2.24, 2.45) is 0 Å². The van der Waals surface area contributed by atoms with E-state index >= 15 is 0 Å². The van der Waals surface area contributed by atoms with E-state index in [1.165, 1.54) is 7.11 Å². The number of nitrogens with zero attached hydrogens (tertiary/aromatic N) is 1. The summed E-state index contributed by atoms with van der Waals surface area (Å²) in [5.74, 6) is 0.302. The molecule has 0 fully saturated rings. The topological polar surface area (TPSA) is 52.4 Å². The number of fused-ring (bicyclic) bond motifs is 3. The summed E-state index contributed by atoms with van der Waals surface area (Å²) in [6.07, 6.45) is 0. The number of nitro benzene ring substituents is 1. The summed E-state index contributed by atoms with van der Waals surface area (Å²) in [7, 11) is 1.45. The Morgan fingerprint density at radius 1 is 1.17 bits per heavy atom. The van der Waals surface area contributed by atoms with Crippen LogP contribution in [0.4, 0.5) is 5.69 Å². The molecule has 0 atom stereocenters. The molecule has 5 heteroatoms. The van der Waals surface area contributed by atoms with E-state index in [1.54, 1.807) is 23.5 Å². The van der Waals surface area contributed by atoms with Crippen LogP contribution in [0, 0.1) is 10.1 Å². The lowest BCUT2D eigenvalue weighted by atomic mass is 10.1. The quantitative estimate of drug-likeness (QED) is 0.517. The number of benzene rings is 2. The monoisotopic (exact) mass is 259 g/mol. The molecule has 0 radical (unpaired) electrons. The fourth-order valence-corrected chi connectivity index (χ4v) is 3.17. The summed E-state index contributed by atoms with van der Waals surface area (Å²) in [5.41, 5.74) is 0.0107. The zero-order chi connectivity index (χ0) is 12.7. The van der Waals surface area contributed by atoms with E-state index in [2.05, 4.69) is 0 Å². The molecule has 0 bridgehead atoms. The molecule has 3 rings (SSSR count). The fraction of sp³-hybridized carbons (Fsp3) is 0.0769. The second-order valence-electron chi connectivity index (χ2n) is 3.88. The van der Waals surface area contributed by atoms with E-state index in [-0.39, 0.29) is 5.69 Å². The third kappa shape index (κ3) is 1.52. The van der Waals surface area contributed by atoms with Crippen LogP contribution in [0.3, 0.4) is 0 Å². The van der Waals surface area contributed by atoms with E-state index in [1.807, 2.05) is 24.3 Å². The lowest BCUT2D eigenvalue weighted by molar-refractivity contribution is -0.385. The molecule has 0 aliphatic rings. The van der Waals surface area contributed by atoms with Crippen molar-refractivity contribution < 1.29 is 9.66 Å². The van der Waals surface area contributed by atoms with Gasteiger partial charge in [-0.15, -0.1) is 11.3 Å². The molecular weight excluding hydrogens is 250 g/mol. The maximum Gasteiger partial charge on any atom is 0.312 e. The van der Waals surface area contributed by atoms with Gasteiger partial charge in [0.05, 0.1) is 12.0 Å². The van der Waals surface area contributed by atoms with E-state index < -0.39 is 4.92 Å². The Balaban J connectivity index is 2.43. The highest BCUT2D eigenvalue weighted by molar-refractivity contribution is 7.25. The first-order valence-electron chi connectivity index (χ1n) is 5.34. The minimum absolute atomic E-state index is 0.0107. The van der Waals surface area contributed by atoms with Gasteiger partial charge < -0.3 is 4.74 Å². The second-order valence-corrected chi connectivity index (χ2v) is 4.96. The number of hydrogen-bond donors (Lipinski definition) is 0. The number of hydrogen-bond acceptors (Lipinski definition) is 4. The molecule has 1 aromatic heterocycles. The van der Waals surface area contributed by atoms with Crippen molar-refractivity contribution in [2.75, 3.05) is 7.11 Å². The average Bonchev–Trinajstić information content (AvgIpc) is 2.74. The van der Waals surface area contributed by atoms with Crippen LogP contribution in [0.2, 0.25) is 0 Å². The summed E-state index contributed by atoms with van der Waals surface area (Å²) in [4.78, 5) is 10.6. The maximum atomic E-state index is 11.0. The Morgan fingerprint density at radius 3 is 2.67 bits per heavy atom. The van der Waals surface area contributed by atoms with Gasteiger partial charge in [-0.3, -0.25) is 10.1 Å². The molecule has 0 saturated carbocycles. The fourth-order valence-electron chi connectivity index (χ4n) is 2.05. The smallest absolute Gasteiger partial charge is 0.312 e. The van der Waals surface area contributed by atoms with Gasteiger partial charge in [-0.25, -0.2) is 0 Å². The first-order valence-corrected chi connectivity index (χ1v) is 6.16. The predicted octanol–water partition coefficient (Wildman–Crippen LogP) is 3.97. The van der Waals surface area contributed by atoms with Gasteiger partial charge in [0.25, 0.3) is 0 Å². The molecule has 0 amide bonds. The molecular formula is C13H9NO3S. The third-order valence-electron chi connectivity index (χ3n) is 2.87. The maximum absolute atomic E-state index is 11.0. The number of thiophene rings is 1. The Kier molecular flexibility index (Phi) is 2.41. The SMILES string of the molecule is COc1cc2c(cc1[N+](=O)[O-])sc1ccccc12. The van der Waals surface area contributed by atoms with Crippen molar-refractivity contribution in [3.8, 4) is 5.75 Å². The summed E-state index contributed by atoms with van der Waals surface area (Å²) < 4.78 is 7.12. The lowest BCUT2D eigenvalue weighted by Gasteiger charge is -2.01. The summed E-state index contributed by atoms with van der Waals surface area (Å²) in [6.45, 7) is 0. The highest BCUT2D eigenvalue weighted by Crippen LogP contribution is 2.40. The van der Waals surface area contributed by atoms with Crippen LogP contribution in [-0.2, 0) is 0 Å². The molecule has 0 aliphatic heterocycles. The normalized spacial score (nSPS) is 10.9. The number of rotatable bonds is 2. The highest BCUT2D eigenvalue weighted by Gasteiger charge is 2.18. The van der Waals surface area contributed by atoms with Crippen molar-refractivity contribution >= 4 is 37.2 Å². The Morgan fingerprint density at radius 2 is 1.94 bits per heavy atom. The number of nitro groups is 1. The van der Waals surface area contributed by atoms with Gasteiger partial charge >= 0.3 is 5.69 Å². The Hall–Kier alpha value is -2.14. The second kappa shape index (κ2) is 3.96. The zero-order valence-corrected chi connectivity index (χ0v) is 10.4. The molecule has 0 spiro atoms. The molecule has 3 aromatic rings. The lowest BCUT2D eigenvalue weighted by Crippen LogP contribution is -1.92. The molecule has 0 N–H and O–H groups in total. The molecule has 18 heavy (non-hydrogen) atoms. The van der Waals surface area contributed by atoms with Gasteiger partial charge in [-0.05, 0) is 12.1 Å². The molecule has 4 nitrogen and oxygen atoms in total. The number of ether oxygens (including phenoxy) is 1. The Labute approximate surface area is 107 Å². The molecule has 0 aliphatic carbocycles. The van der Waals surface area contributed by atoms with Gasteiger partial charge in [0, 0.05) is 26.2 Å². The zero-order valence-electron chi connectivity index (χ0n) is 9.54. The number of methoxy groups -OCH3 is 1. The van der Waals surface area contributed by atoms with Crippen molar-refractivity contribution in [3.05, 3.63) is 46.5 Å². The van der Waals surface area contributed by atoms with Crippen LogP contribution in [0.5, 0.6) is 5.75 Å². The van der Waals surface area contributed by atoms with Gasteiger partial charge in [0.15, 0.2) is 5.75 Å². The van der Waals surface area contributed by atoms with E-state index in [0.717, 1.165) is 20.2 Å². The van der Waals surface area contributed by atoms with Crippen LogP contribution >= 0.6 is 11.3 Å². The van der Waals surface area contributed by atoms with E-state index in [9.17, 15) is 10.1 Å². The van der Waals surface area contributed by atoms with E-state index in [4.69, 9.17) is 4.74 Å². The first kappa shape index (κ1) is 11.0.